The number of hydrogen-bond acceptors (Lipinski definition) is 5. The summed E-state index contributed by atoms with van der Waals surface area (Å²) in [6.45, 7) is 26.1. The van der Waals surface area contributed by atoms with Crippen molar-refractivity contribution in [2.24, 2.45) is 4.99 Å². The Morgan fingerprint density at radius 2 is 1.35 bits per heavy atom. The van der Waals surface area contributed by atoms with Gasteiger partial charge < -0.3 is 10.6 Å². The smallest absolute Gasteiger partial charge is 0.251 e. The summed E-state index contributed by atoms with van der Waals surface area (Å²) in [6, 6.07) is -1.17. The zero-order chi connectivity index (χ0) is 35.3. The van der Waals surface area contributed by atoms with Gasteiger partial charge in [0.25, 0.3) is 5.91 Å². The number of nitrogens with zero attached hydrogens (tertiary/aromatic N) is 1. The van der Waals surface area contributed by atoms with Gasteiger partial charge in [-0.15, -0.1) is 25.7 Å². The van der Waals surface area contributed by atoms with Gasteiger partial charge in [-0.05, 0) is 53.0 Å². The van der Waals surface area contributed by atoms with Crippen LogP contribution in [-0.4, -0.2) is 50.0 Å². The monoisotopic (exact) mass is 623 g/mol. The highest BCUT2D eigenvalue weighted by Crippen LogP contribution is 2.17. The minimum Gasteiger partial charge on any atom is -0.354 e. The van der Waals surface area contributed by atoms with Crippen LogP contribution in [0, 0.1) is 25.7 Å². The van der Waals surface area contributed by atoms with Crippen molar-refractivity contribution in [2.45, 2.75) is 132 Å². The first kappa shape index (κ1) is 52.5. The minimum absolute atomic E-state index is 0.0954. The van der Waals surface area contributed by atoms with Gasteiger partial charge in [0.2, 0.25) is 5.91 Å². The van der Waals surface area contributed by atoms with Crippen LogP contribution < -0.4 is 10.6 Å². The van der Waals surface area contributed by atoms with Crippen LogP contribution in [0.3, 0.4) is 0 Å². The summed E-state index contributed by atoms with van der Waals surface area (Å²) in [5.74, 6) is -1.52. The predicted molar refractivity (Wildman–Crippen MR) is 192 cm³/mol. The average molecular weight is 624 g/mol. The zero-order valence-corrected chi connectivity index (χ0v) is 30.1. The fourth-order valence-electron chi connectivity index (χ4n) is 2.76. The van der Waals surface area contributed by atoms with Crippen molar-refractivity contribution in [3.63, 3.8) is 0 Å². The van der Waals surface area contributed by atoms with Gasteiger partial charge in [-0.1, -0.05) is 92.4 Å². The van der Waals surface area contributed by atoms with Crippen molar-refractivity contribution >= 4 is 27.9 Å². The van der Waals surface area contributed by atoms with E-state index < -0.39 is 38.7 Å². The number of allylic oxidation sites excluding steroid dienone is 2. The van der Waals surface area contributed by atoms with E-state index in [2.05, 4.69) is 81.7 Å². The summed E-state index contributed by atoms with van der Waals surface area (Å²) in [7, 11) is -3.56. The molecule has 0 saturated carbocycles. The summed E-state index contributed by atoms with van der Waals surface area (Å²) in [4.78, 5) is 28.9. The molecule has 0 radical (unpaired) electrons. The molecule has 0 bridgehead atoms. The molecule has 2 amide bonds. The second-order valence-electron chi connectivity index (χ2n) is 9.02. The highest BCUT2D eigenvalue weighted by molar-refractivity contribution is 7.92. The molecule has 8 heteroatoms. The SMILES string of the molecule is C#C.C#C.C=C(/C=C\N=CC)C(=O)N[C@H](CS(=O)(=O)C(CCC)CCC)C(=O)NCCCC.CC.CC=C(C)C.CCC. The van der Waals surface area contributed by atoms with Gasteiger partial charge in [-0.25, -0.2) is 8.42 Å². The molecule has 0 spiro atoms. The molecule has 0 aromatic heterocycles. The third-order valence-corrected chi connectivity index (χ3v) is 7.24. The number of unbranched alkanes of at least 4 members (excludes halogenated alkanes) is 1. The lowest BCUT2D eigenvalue weighted by Crippen LogP contribution is -2.51. The van der Waals surface area contributed by atoms with E-state index in [1.54, 1.807) is 13.1 Å². The van der Waals surface area contributed by atoms with Gasteiger partial charge in [0.15, 0.2) is 9.84 Å². The topological polar surface area (TPSA) is 105 Å². The molecule has 0 fully saturated rings. The van der Waals surface area contributed by atoms with E-state index in [-0.39, 0.29) is 5.57 Å². The van der Waals surface area contributed by atoms with Crippen molar-refractivity contribution < 1.29 is 18.0 Å². The van der Waals surface area contributed by atoms with Gasteiger partial charge in [0.05, 0.1) is 11.0 Å². The lowest BCUT2D eigenvalue weighted by atomic mass is 10.2. The normalized spacial score (nSPS) is 10.3. The van der Waals surface area contributed by atoms with Gasteiger partial charge in [-0.2, -0.15) is 0 Å². The molecule has 250 valence electrons. The van der Waals surface area contributed by atoms with Gasteiger partial charge in [0.1, 0.15) is 6.04 Å². The maximum atomic E-state index is 12.9. The Bertz CT molecular complexity index is 883. The maximum absolute atomic E-state index is 12.9. The summed E-state index contributed by atoms with van der Waals surface area (Å²) in [6.07, 6.45) is 27.9. The Morgan fingerprint density at radius 3 is 1.70 bits per heavy atom. The van der Waals surface area contributed by atoms with E-state index in [9.17, 15) is 18.0 Å². The number of amides is 2. The summed E-state index contributed by atoms with van der Waals surface area (Å²) in [5, 5.41) is 4.74. The highest BCUT2D eigenvalue weighted by Gasteiger charge is 2.32. The number of aliphatic imine (C=N–C) groups is 1. The molecule has 0 heterocycles. The van der Waals surface area contributed by atoms with Crippen LogP contribution in [0.1, 0.15) is 121 Å². The molecule has 0 saturated heterocycles. The second kappa shape index (κ2) is 41.0. The molecule has 0 aromatic rings. The standard InChI is InChI=1S/C21H37N3O4S.C5H10.C3H8.C2H6.2C2H2/c1-6-10-14-23-21(26)19(24-20(25)17(5)13-15-22-9-4)16-29(27,28)18(11-7-2)12-8-3;1-4-5(2)3;1-3-2;3*1-2/h9,13,15,18-19H,5-8,10-12,14,16H2,1-4H3,(H,23,26)(H,24,25);4H,1-3H3;3H2,1-2H3;1-2H3;2*1-2H/b15-13-,22-9?;;;;;/t19-;;;;;/m1...../s1. The molecule has 0 aliphatic rings. The number of sulfone groups is 1. The van der Waals surface area contributed by atoms with E-state index in [1.807, 2.05) is 41.5 Å². The molecule has 7 nitrogen and oxygen atoms in total. The lowest BCUT2D eigenvalue weighted by molar-refractivity contribution is -0.126. The van der Waals surface area contributed by atoms with E-state index in [1.165, 1.54) is 24.3 Å². The Kier molecular flexibility index (Phi) is 50.1. The van der Waals surface area contributed by atoms with Crippen LogP contribution in [-0.2, 0) is 19.4 Å². The number of hydrogen-bond donors (Lipinski definition) is 2. The summed E-state index contributed by atoms with van der Waals surface area (Å²) >= 11 is 0. The van der Waals surface area contributed by atoms with E-state index in [4.69, 9.17) is 0 Å². The number of nitrogens with one attached hydrogen (secondary N) is 2. The quantitative estimate of drug-likeness (QED) is 0.0484. The highest BCUT2D eigenvalue weighted by atomic mass is 32.2. The largest absolute Gasteiger partial charge is 0.354 e. The van der Waals surface area contributed by atoms with Crippen molar-refractivity contribution in [1.82, 2.24) is 10.6 Å². The Hall–Kier alpha value is -3.10. The predicted octanol–water partition coefficient (Wildman–Crippen LogP) is 7.85. The second-order valence-corrected chi connectivity index (χ2v) is 11.3. The number of carbonyl (C=O) groups is 2. The van der Waals surface area contributed by atoms with Crippen LogP contribution >= 0.6 is 0 Å². The third kappa shape index (κ3) is 36.9. The summed E-state index contributed by atoms with van der Waals surface area (Å²) < 4.78 is 25.9. The van der Waals surface area contributed by atoms with Crippen molar-refractivity contribution in [2.75, 3.05) is 12.3 Å². The Morgan fingerprint density at radius 1 is 0.907 bits per heavy atom. The van der Waals surface area contributed by atoms with Gasteiger partial charge in [-0.3, -0.25) is 14.6 Å². The van der Waals surface area contributed by atoms with Crippen LogP contribution in [0.2, 0.25) is 0 Å². The molecule has 2 N–H and O–H groups in total. The zero-order valence-electron chi connectivity index (χ0n) is 29.3. The molecular weight excluding hydrogens is 558 g/mol. The van der Waals surface area contributed by atoms with E-state index >= 15 is 0 Å². The fraction of sp³-hybridized carbons (Fsp3) is 0.629. The van der Waals surface area contributed by atoms with Crippen LogP contribution in [0.25, 0.3) is 0 Å². The lowest BCUT2D eigenvalue weighted by Gasteiger charge is -2.22. The Labute approximate surface area is 267 Å². The Balaban J connectivity index is -0.000000206. The third-order valence-electron chi connectivity index (χ3n) is 4.96. The first-order chi connectivity index (χ1) is 20.4. The molecule has 0 aliphatic carbocycles. The first-order valence-corrected chi connectivity index (χ1v) is 17.0. The van der Waals surface area contributed by atoms with Crippen molar-refractivity contribution in [1.29, 1.82) is 0 Å². The van der Waals surface area contributed by atoms with Crippen LogP contribution in [0.5, 0.6) is 0 Å². The van der Waals surface area contributed by atoms with Gasteiger partial charge >= 0.3 is 0 Å². The van der Waals surface area contributed by atoms with E-state index in [0.29, 0.717) is 19.4 Å². The van der Waals surface area contributed by atoms with Crippen LogP contribution in [0.4, 0.5) is 0 Å². The minimum atomic E-state index is -3.56. The number of rotatable bonds is 15. The molecule has 43 heavy (non-hydrogen) atoms. The number of terminal acetylenes is 2. The average Bonchev–Trinajstić information content (AvgIpc) is 3.00. The molecule has 0 rings (SSSR count). The van der Waals surface area contributed by atoms with Crippen molar-refractivity contribution in [3.8, 4) is 25.7 Å². The summed E-state index contributed by atoms with van der Waals surface area (Å²) in [5.41, 5.74) is 1.48. The molecule has 0 unspecified atom stereocenters. The number of carbonyl (C=O) groups excluding carboxylic acids is 2. The molecular formula is C35H65N3O4S. The van der Waals surface area contributed by atoms with E-state index in [0.717, 1.165) is 25.7 Å². The molecule has 0 aromatic carbocycles. The molecule has 0 aliphatic heterocycles. The van der Waals surface area contributed by atoms with Gasteiger partial charge in [0, 0.05) is 24.5 Å². The molecule has 1 atom stereocenters. The first-order valence-electron chi connectivity index (χ1n) is 15.3. The van der Waals surface area contributed by atoms with Crippen LogP contribution in [0.15, 0.2) is 41.1 Å². The fourth-order valence-corrected chi connectivity index (χ4v) is 4.92. The maximum Gasteiger partial charge on any atom is 0.251 e. The van der Waals surface area contributed by atoms with Crippen molar-refractivity contribution in [3.05, 3.63) is 36.1 Å².